The van der Waals surface area contributed by atoms with E-state index in [1.165, 1.54) is 12.8 Å². The molecule has 0 bridgehead atoms. The van der Waals surface area contributed by atoms with Crippen LogP contribution < -0.4 is 5.30 Å². The fourth-order valence-electron chi connectivity index (χ4n) is 3.91. The van der Waals surface area contributed by atoms with Gasteiger partial charge in [-0.15, -0.1) is 0 Å². The second kappa shape index (κ2) is 8.44. The van der Waals surface area contributed by atoms with Crippen molar-refractivity contribution in [2.75, 3.05) is 26.2 Å². The molecule has 0 spiro atoms. The SMILES string of the molecule is ClP1(Cl)=N[P@](Cl)(N2CCCCC2)=N[P@@](c2ccccc2)(N2CCCCC2)=N1. The predicted molar refractivity (Wildman–Crippen MR) is 123 cm³/mol. The third-order valence-corrected chi connectivity index (χ3v) is 18.3. The second-order valence-electron chi connectivity index (χ2n) is 7.15. The molecule has 0 unspecified atom stereocenters. The summed E-state index contributed by atoms with van der Waals surface area (Å²) in [6.45, 7) is 1.08. The topological polar surface area (TPSA) is 43.6 Å². The zero-order valence-electron chi connectivity index (χ0n) is 15.2. The van der Waals surface area contributed by atoms with Crippen LogP contribution in [0.5, 0.6) is 0 Å². The number of nitrogens with zero attached hydrogens (tertiary/aromatic N) is 5. The standard InChI is InChI=1S/C16H25Cl3N5P3/c17-26(18)20-25(16-10-4-1-5-11-16,23-12-6-2-7-13-23)21-27(19,22-26)24-14-8-3-9-15-24/h1,4-5,10-11H,2-3,6-9,12-15H2/t25-,27+/m0/s1. The van der Waals surface area contributed by atoms with E-state index in [0.29, 0.717) is 0 Å². The average molecular weight is 487 g/mol. The van der Waals surface area contributed by atoms with Crippen LogP contribution in [0.1, 0.15) is 38.5 Å². The van der Waals surface area contributed by atoms with Crippen LogP contribution in [-0.4, -0.2) is 35.5 Å². The molecule has 0 aromatic heterocycles. The number of benzene rings is 1. The largest absolute Gasteiger partial charge is 0.257 e. The van der Waals surface area contributed by atoms with Crippen LogP contribution >= 0.6 is 53.7 Å². The van der Waals surface area contributed by atoms with Crippen LogP contribution in [0.2, 0.25) is 0 Å². The van der Waals surface area contributed by atoms with Gasteiger partial charge in [0.1, 0.15) is 0 Å². The van der Waals surface area contributed by atoms with Gasteiger partial charge in [0, 0.05) is 31.5 Å². The van der Waals surface area contributed by atoms with Crippen molar-refractivity contribution >= 4 is 59.0 Å². The summed E-state index contributed by atoms with van der Waals surface area (Å²) in [7, 11) is -2.48. The van der Waals surface area contributed by atoms with Crippen molar-refractivity contribution in [3.8, 4) is 0 Å². The van der Waals surface area contributed by atoms with Gasteiger partial charge in [-0.2, -0.15) is 13.5 Å². The summed E-state index contributed by atoms with van der Waals surface area (Å²) in [6.07, 6.45) is 6.99. The minimum absolute atomic E-state index is 0.910. The Kier molecular flexibility index (Phi) is 6.55. The number of halogens is 3. The summed E-state index contributed by atoms with van der Waals surface area (Å²) in [5.41, 5.74) is 0. The Morgan fingerprint density at radius 3 is 1.81 bits per heavy atom. The number of rotatable bonds is 3. The summed E-state index contributed by atoms with van der Waals surface area (Å²) < 4.78 is 19.7. The maximum absolute atomic E-state index is 7.20. The smallest absolute Gasteiger partial charge is 0.248 e. The summed E-state index contributed by atoms with van der Waals surface area (Å²) in [4.78, 5) is 0. The fourth-order valence-corrected chi connectivity index (χ4v) is 20.2. The molecule has 3 aliphatic heterocycles. The van der Waals surface area contributed by atoms with Crippen molar-refractivity contribution in [1.29, 1.82) is 0 Å². The van der Waals surface area contributed by atoms with Gasteiger partial charge in [-0.1, -0.05) is 43.2 Å². The van der Waals surface area contributed by atoms with Crippen molar-refractivity contribution in [2.24, 2.45) is 13.5 Å². The van der Waals surface area contributed by atoms with E-state index in [-0.39, 0.29) is 0 Å². The Hall–Kier alpha value is 0.700. The van der Waals surface area contributed by atoms with Gasteiger partial charge in [-0.25, -0.2) is 9.34 Å². The summed E-state index contributed by atoms with van der Waals surface area (Å²) >= 11 is 20.7. The molecule has 1 aromatic rings. The van der Waals surface area contributed by atoms with E-state index in [1.54, 1.807) is 0 Å². The van der Waals surface area contributed by atoms with Gasteiger partial charge in [0.25, 0.3) is 5.91 Å². The maximum atomic E-state index is 7.20. The van der Waals surface area contributed by atoms with Crippen molar-refractivity contribution in [3.63, 3.8) is 0 Å². The number of piperidine rings is 2. The minimum Gasteiger partial charge on any atom is -0.248 e. The third-order valence-electron chi connectivity index (χ3n) is 5.21. The molecule has 2 atom stereocenters. The van der Waals surface area contributed by atoms with Gasteiger partial charge in [0.05, 0.1) is 0 Å². The molecule has 0 radical (unpaired) electrons. The first-order chi connectivity index (χ1) is 12.9. The zero-order valence-corrected chi connectivity index (χ0v) is 20.1. The molecule has 0 aliphatic carbocycles. The normalized spacial score (nSPS) is 34.9. The van der Waals surface area contributed by atoms with E-state index >= 15 is 0 Å². The fraction of sp³-hybridized carbons (Fsp3) is 0.625. The van der Waals surface area contributed by atoms with Crippen molar-refractivity contribution in [1.82, 2.24) is 9.34 Å². The molecule has 0 amide bonds. The van der Waals surface area contributed by atoms with E-state index in [0.717, 1.165) is 57.2 Å². The molecule has 2 fully saturated rings. The summed E-state index contributed by atoms with van der Waals surface area (Å²) in [5, 5.41) is 1.09. The Bertz CT molecular complexity index is 842. The van der Waals surface area contributed by atoms with Gasteiger partial charge in [-0.05, 0) is 59.4 Å². The molecule has 2 saturated heterocycles. The van der Waals surface area contributed by atoms with Gasteiger partial charge < -0.3 is 0 Å². The monoisotopic (exact) mass is 485 g/mol. The molecule has 11 heteroatoms. The van der Waals surface area contributed by atoms with Crippen molar-refractivity contribution in [2.45, 2.75) is 38.5 Å². The minimum atomic E-state index is -2.89. The van der Waals surface area contributed by atoms with Crippen molar-refractivity contribution < 1.29 is 0 Å². The van der Waals surface area contributed by atoms with E-state index in [9.17, 15) is 0 Å². The van der Waals surface area contributed by atoms with E-state index in [1.807, 2.05) is 18.2 Å². The van der Waals surface area contributed by atoms with Crippen LogP contribution in [0.15, 0.2) is 43.9 Å². The zero-order chi connectivity index (χ0) is 19.0. The molecule has 150 valence electrons. The predicted octanol–water partition coefficient (Wildman–Crippen LogP) is 7.94. The molecule has 0 saturated carbocycles. The first-order valence-corrected chi connectivity index (χ1v) is 17.2. The van der Waals surface area contributed by atoms with Gasteiger partial charge in [-0.3, -0.25) is 0 Å². The highest BCUT2D eigenvalue weighted by atomic mass is 35.9. The lowest BCUT2D eigenvalue weighted by Gasteiger charge is -2.42. The van der Waals surface area contributed by atoms with Gasteiger partial charge in [0.15, 0.2) is 7.36 Å². The maximum Gasteiger partial charge on any atom is 0.257 e. The van der Waals surface area contributed by atoms with E-state index in [2.05, 4.69) is 21.5 Å². The van der Waals surface area contributed by atoms with Crippen LogP contribution in [-0.2, 0) is 0 Å². The molecular formula is C16H25Cl3N5P3. The number of hydrogen-bond acceptors (Lipinski definition) is 5. The molecular weight excluding hydrogens is 461 g/mol. The van der Waals surface area contributed by atoms with E-state index in [4.69, 9.17) is 47.3 Å². The van der Waals surface area contributed by atoms with Gasteiger partial charge in [0.2, 0.25) is 6.71 Å². The number of hydrogen-bond donors (Lipinski definition) is 0. The third kappa shape index (κ3) is 4.42. The Morgan fingerprint density at radius 1 is 0.667 bits per heavy atom. The molecule has 3 aliphatic rings. The Morgan fingerprint density at radius 2 is 1.22 bits per heavy atom. The Labute approximate surface area is 176 Å². The van der Waals surface area contributed by atoms with Gasteiger partial charge >= 0.3 is 0 Å². The lowest BCUT2D eigenvalue weighted by molar-refractivity contribution is 0.365. The molecule has 0 N–H and O–H groups in total. The van der Waals surface area contributed by atoms with Crippen LogP contribution in [0, 0.1) is 0 Å². The van der Waals surface area contributed by atoms with Crippen LogP contribution in [0.3, 0.4) is 0 Å². The molecule has 1 aromatic carbocycles. The second-order valence-corrected chi connectivity index (χ2v) is 18.7. The summed E-state index contributed by atoms with van der Waals surface area (Å²) in [6, 6.07) is 10.3. The van der Waals surface area contributed by atoms with Crippen LogP contribution in [0.25, 0.3) is 0 Å². The van der Waals surface area contributed by atoms with Crippen LogP contribution in [0.4, 0.5) is 0 Å². The lowest BCUT2D eigenvalue weighted by Crippen LogP contribution is -2.31. The first kappa shape index (κ1) is 21.0. The average Bonchev–Trinajstić information content (AvgIpc) is 2.68. The van der Waals surface area contributed by atoms with Crippen molar-refractivity contribution in [3.05, 3.63) is 30.3 Å². The molecule has 5 nitrogen and oxygen atoms in total. The molecule has 4 rings (SSSR count). The van der Waals surface area contributed by atoms with E-state index < -0.39 is 20.0 Å². The lowest BCUT2D eigenvalue weighted by atomic mass is 10.2. The molecule has 27 heavy (non-hydrogen) atoms. The quantitative estimate of drug-likeness (QED) is 0.407. The highest BCUT2D eigenvalue weighted by Gasteiger charge is 2.42. The first-order valence-electron chi connectivity index (χ1n) is 9.51. The highest BCUT2D eigenvalue weighted by Crippen LogP contribution is 2.84. The highest BCUT2D eigenvalue weighted by molar-refractivity contribution is 8.15. The molecule has 3 heterocycles. The Balaban J connectivity index is 1.94. The summed E-state index contributed by atoms with van der Waals surface area (Å²) in [5.74, 6) is -2.89.